The number of aliphatic imine (C=N–C) groups is 1. The van der Waals surface area contributed by atoms with Gasteiger partial charge in [-0.2, -0.15) is 0 Å². The highest BCUT2D eigenvalue weighted by atomic mass is 19.1. The van der Waals surface area contributed by atoms with Crippen LogP contribution < -0.4 is 10.6 Å². The van der Waals surface area contributed by atoms with Crippen molar-refractivity contribution in [2.75, 3.05) is 18.4 Å². The Morgan fingerprint density at radius 2 is 2.28 bits per heavy atom. The van der Waals surface area contributed by atoms with E-state index >= 15 is 0 Å². The normalized spacial score (nSPS) is 18.7. The summed E-state index contributed by atoms with van der Waals surface area (Å²) in [4.78, 5) is 14.7. The lowest BCUT2D eigenvalue weighted by Crippen LogP contribution is -2.40. The maximum Gasteiger partial charge on any atom is 0.335 e. The third kappa shape index (κ3) is 2.88. The van der Waals surface area contributed by atoms with Gasteiger partial charge in [0.05, 0.1) is 18.7 Å². The largest absolute Gasteiger partial charge is 0.508 e. The first kappa shape index (κ1) is 12.2. The minimum absolute atomic E-state index is 0.0442. The number of alkyl halides is 1. The van der Waals surface area contributed by atoms with Crippen LogP contribution in [0.1, 0.15) is 10.4 Å². The molecule has 0 fully saturated rings. The molecule has 0 saturated heterocycles. The van der Waals surface area contributed by atoms with Gasteiger partial charge in [-0.15, -0.1) is 0 Å². The number of nitrogens with one attached hydrogen (secondary N) is 2. The van der Waals surface area contributed by atoms with Crippen LogP contribution in [0.25, 0.3) is 0 Å². The van der Waals surface area contributed by atoms with Gasteiger partial charge in [-0.1, -0.05) is 0 Å². The molecule has 6 nitrogen and oxygen atoms in total. The van der Waals surface area contributed by atoms with Crippen LogP contribution in [0.4, 0.5) is 10.1 Å². The van der Waals surface area contributed by atoms with E-state index in [0.717, 1.165) is 6.07 Å². The Morgan fingerprint density at radius 3 is 2.89 bits per heavy atom. The van der Waals surface area contributed by atoms with Gasteiger partial charge in [0.25, 0.3) is 0 Å². The van der Waals surface area contributed by atoms with Crippen LogP contribution in [0.5, 0.6) is 5.75 Å². The van der Waals surface area contributed by atoms with Crippen LogP contribution >= 0.6 is 0 Å². The fraction of sp³-hybridized carbons (Fsp3) is 0.273. The summed E-state index contributed by atoms with van der Waals surface area (Å²) in [5, 5.41) is 23.7. The highest BCUT2D eigenvalue weighted by molar-refractivity contribution is 5.96. The Morgan fingerprint density at radius 1 is 1.50 bits per heavy atom. The number of guanidine groups is 1. The molecular formula is C11H12FN3O3. The minimum atomic E-state index is -1.14. The highest BCUT2D eigenvalue weighted by Gasteiger charge is 2.14. The maximum absolute atomic E-state index is 12.8. The van der Waals surface area contributed by atoms with Crippen molar-refractivity contribution in [1.29, 1.82) is 0 Å². The second-order valence-corrected chi connectivity index (χ2v) is 3.87. The number of nitrogens with zero attached hydrogens (tertiary/aromatic N) is 1. The van der Waals surface area contributed by atoms with E-state index in [1.54, 1.807) is 0 Å². The third-order valence-corrected chi connectivity index (χ3v) is 2.37. The van der Waals surface area contributed by atoms with Crippen molar-refractivity contribution in [3.05, 3.63) is 23.8 Å². The number of rotatable bonds is 2. The van der Waals surface area contributed by atoms with E-state index in [-0.39, 0.29) is 24.4 Å². The lowest BCUT2D eigenvalue weighted by molar-refractivity contribution is 0.0696. The molecule has 1 aliphatic rings. The first-order valence-corrected chi connectivity index (χ1v) is 5.31. The lowest BCUT2D eigenvalue weighted by atomic mass is 10.2. The van der Waals surface area contributed by atoms with Gasteiger partial charge in [0.2, 0.25) is 0 Å². The molecule has 0 aromatic heterocycles. The zero-order chi connectivity index (χ0) is 13.1. The zero-order valence-electron chi connectivity index (χ0n) is 9.35. The van der Waals surface area contributed by atoms with Gasteiger partial charge in [-0.3, -0.25) is 0 Å². The summed E-state index contributed by atoms with van der Waals surface area (Å²) in [6.07, 6.45) is -1.02. The molecule has 18 heavy (non-hydrogen) atoms. The molecule has 7 heteroatoms. The van der Waals surface area contributed by atoms with Crippen LogP contribution in [-0.2, 0) is 0 Å². The summed E-state index contributed by atoms with van der Waals surface area (Å²) in [7, 11) is 0. The molecule has 0 aliphatic carbocycles. The smallest absolute Gasteiger partial charge is 0.335 e. The van der Waals surface area contributed by atoms with Crippen molar-refractivity contribution in [2.24, 2.45) is 4.99 Å². The Kier molecular flexibility index (Phi) is 3.31. The number of anilines is 1. The van der Waals surface area contributed by atoms with E-state index < -0.39 is 12.1 Å². The van der Waals surface area contributed by atoms with E-state index in [9.17, 15) is 14.3 Å². The molecule has 0 spiro atoms. The Balaban J connectivity index is 2.16. The monoisotopic (exact) mass is 253 g/mol. The first-order chi connectivity index (χ1) is 8.54. The van der Waals surface area contributed by atoms with E-state index in [1.165, 1.54) is 12.1 Å². The van der Waals surface area contributed by atoms with Gasteiger partial charge in [0.15, 0.2) is 5.96 Å². The number of phenols is 1. The van der Waals surface area contributed by atoms with Gasteiger partial charge in [0.1, 0.15) is 11.9 Å². The number of carboxylic acids is 1. The van der Waals surface area contributed by atoms with Crippen molar-refractivity contribution < 1.29 is 19.4 Å². The molecule has 1 atom stereocenters. The number of carboxylic acid groups (broad SMARTS) is 1. The fourth-order valence-corrected chi connectivity index (χ4v) is 1.55. The molecule has 2 rings (SSSR count). The molecule has 0 amide bonds. The summed E-state index contributed by atoms with van der Waals surface area (Å²) in [6.45, 7) is 0.205. The topological polar surface area (TPSA) is 94.0 Å². The SMILES string of the molecule is O=C(O)c1cc(O)cc(NC2=NCC(F)CN2)c1. The molecule has 0 radical (unpaired) electrons. The quantitative estimate of drug-likeness (QED) is 0.625. The van der Waals surface area contributed by atoms with Crippen LogP contribution in [0.15, 0.2) is 23.2 Å². The average Bonchev–Trinajstić information content (AvgIpc) is 2.31. The molecule has 4 N–H and O–H groups in total. The lowest BCUT2D eigenvalue weighted by Gasteiger charge is -2.18. The molecule has 0 saturated carbocycles. The molecule has 1 aromatic carbocycles. The maximum atomic E-state index is 12.8. The molecule has 1 aromatic rings. The van der Waals surface area contributed by atoms with Crippen molar-refractivity contribution in [2.45, 2.75) is 6.17 Å². The van der Waals surface area contributed by atoms with Crippen LogP contribution in [0.3, 0.4) is 0 Å². The number of halogens is 1. The average molecular weight is 253 g/mol. The first-order valence-electron chi connectivity index (χ1n) is 5.31. The summed E-state index contributed by atoms with van der Waals surface area (Å²) >= 11 is 0. The predicted molar refractivity (Wildman–Crippen MR) is 63.9 cm³/mol. The van der Waals surface area contributed by atoms with Gasteiger partial charge in [0, 0.05) is 11.8 Å². The van der Waals surface area contributed by atoms with Crippen molar-refractivity contribution in [3.8, 4) is 5.75 Å². The van der Waals surface area contributed by atoms with E-state index in [1.807, 2.05) is 0 Å². The number of carbonyl (C=O) groups is 1. The highest BCUT2D eigenvalue weighted by Crippen LogP contribution is 2.20. The standard InChI is InChI=1S/C11H12FN3O3/c12-7-4-13-11(14-5-7)15-8-1-6(10(17)18)2-9(16)3-8/h1-3,7,16H,4-5H2,(H,17,18)(H2,13,14,15). The fourth-order valence-electron chi connectivity index (χ4n) is 1.55. The minimum Gasteiger partial charge on any atom is -0.508 e. The predicted octanol–water partition coefficient (Wildman–Crippen LogP) is 0.800. The molecule has 96 valence electrons. The van der Waals surface area contributed by atoms with Gasteiger partial charge < -0.3 is 20.8 Å². The van der Waals surface area contributed by atoms with Crippen LogP contribution in [0, 0.1) is 0 Å². The van der Waals surface area contributed by atoms with Gasteiger partial charge in [-0.25, -0.2) is 14.2 Å². The van der Waals surface area contributed by atoms with Crippen LogP contribution in [-0.4, -0.2) is 41.4 Å². The van der Waals surface area contributed by atoms with Crippen molar-refractivity contribution in [3.63, 3.8) is 0 Å². The zero-order valence-corrected chi connectivity index (χ0v) is 9.35. The molecule has 0 bridgehead atoms. The third-order valence-electron chi connectivity index (χ3n) is 2.37. The Labute approximate surface area is 102 Å². The van der Waals surface area contributed by atoms with E-state index in [4.69, 9.17) is 5.11 Å². The summed E-state index contributed by atoms with van der Waals surface area (Å²) in [6, 6.07) is 3.85. The van der Waals surface area contributed by atoms with Crippen molar-refractivity contribution in [1.82, 2.24) is 5.32 Å². The number of benzene rings is 1. The molecular weight excluding hydrogens is 241 g/mol. The number of hydrogen-bond donors (Lipinski definition) is 4. The van der Waals surface area contributed by atoms with Gasteiger partial charge in [-0.05, 0) is 12.1 Å². The summed E-state index contributed by atoms with van der Waals surface area (Å²) < 4.78 is 12.8. The second-order valence-electron chi connectivity index (χ2n) is 3.87. The number of hydrogen-bond acceptors (Lipinski definition) is 5. The second kappa shape index (κ2) is 4.91. The molecule has 1 unspecified atom stereocenters. The van der Waals surface area contributed by atoms with Crippen LogP contribution in [0.2, 0.25) is 0 Å². The van der Waals surface area contributed by atoms with E-state index in [2.05, 4.69) is 15.6 Å². The Bertz CT molecular complexity index is 504. The molecule has 1 aliphatic heterocycles. The number of aromatic hydroxyl groups is 1. The number of phenolic OH excluding ortho intramolecular Hbond substituents is 1. The van der Waals surface area contributed by atoms with E-state index in [0.29, 0.717) is 11.6 Å². The Hall–Kier alpha value is -2.31. The van der Waals surface area contributed by atoms with Crippen molar-refractivity contribution >= 4 is 17.6 Å². The molecule has 1 heterocycles. The van der Waals surface area contributed by atoms with Gasteiger partial charge >= 0.3 is 5.97 Å². The summed E-state index contributed by atoms with van der Waals surface area (Å²) in [5.74, 6) is -0.959. The number of aromatic carboxylic acids is 1. The summed E-state index contributed by atoms with van der Waals surface area (Å²) in [5.41, 5.74) is 0.327.